The molecule has 1 aromatic carbocycles. The number of thioether (sulfide) groups is 1. The van der Waals surface area contributed by atoms with Crippen molar-refractivity contribution in [1.82, 2.24) is 25.4 Å². The first-order chi connectivity index (χ1) is 14.2. The summed E-state index contributed by atoms with van der Waals surface area (Å²) in [7, 11) is 0. The lowest BCUT2D eigenvalue weighted by Gasteiger charge is -2.08. The number of pyridine rings is 1. The van der Waals surface area contributed by atoms with Crippen molar-refractivity contribution >= 4 is 29.0 Å². The number of aromatic nitrogens is 4. The number of thiazole rings is 1. The molecular formula is C20H17N5O2S2. The highest BCUT2D eigenvalue weighted by Gasteiger charge is 2.14. The van der Waals surface area contributed by atoms with Crippen molar-refractivity contribution in [2.24, 2.45) is 0 Å². The minimum atomic E-state index is -0.189. The van der Waals surface area contributed by atoms with Crippen LogP contribution in [0.2, 0.25) is 0 Å². The van der Waals surface area contributed by atoms with Crippen molar-refractivity contribution < 1.29 is 9.32 Å². The van der Waals surface area contributed by atoms with E-state index >= 15 is 0 Å². The zero-order chi connectivity index (χ0) is 20.1. The van der Waals surface area contributed by atoms with Gasteiger partial charge < -0.3 is 9.84 Å². The first-order valence-electron chi connectivity index (χ1n) is 8.83. The fraction of sp³-hybridized carbons (Fsp3) is 0.150. The summed E-state index contributed by atoms with van der Waals surface area (Å²) in [5.41, 5.74) is 2.43. The van der Waals surface area contributed by atoms with Gasteiger partial charge in [0.25, 0.3) is 5.91 Å². The lowest BCUT2D eigenvalue weighted by atomic mass is 10.2. The Labute approximate surface area is 175 Å². The highest BCUT2D eigenvalue weighted by molar-refractivity contribution is 7.98. The number of benzene rings is 1. The minimum absolute atomic E-state index is 0.154. The van der Waals surface area contributed by atoms with Crippen LogP contribution in [0, 0.1) is 6.92 Å². The summed E-state index contributed by atoms with van der Waals surface area (Å²) < 4.78 is 5.23. The Hall–Kier alpha value is -3.04. The van der Waals surface area contributed by atoms with Crippen LogP contribution in [0.5, 0.6) is 0 Å². The molecule has 0 aliphatic rings. The number of nitrogens with one attached hydrogen (secondary N) is 1. The zero-order valence-corrected chi connectivity index (χ0v) is 17.2. The van der Waals surface area contributed by atoms with Crippen LogP contribution in [0.4, 0.5) is 0 Å². The van der Waals surface area contributed by atoms with Crippen LogP contribution in [0.1, 0.15) is 27.0 Å². The average molecular weight is 424 g/mol. The maximum atomic E-state index is 12.7. The summed E-state index contributed by atoms with van der Waals surface area (Å²) in [5.74, 6) is 1.33. The van der Waals surface area contributed by atoms with E-state index in [2.05, 4.69) is 25.4 Å². The van der Waals surface area contributed by atoms with E-state index in [1.165, 1.54) is 0 Å². The number of hydrogen-bond donors (Lipinski definition) is 1. The Balaban J connectivity index is 1.39. The molecule has 0 fully saturated rings. The van der Waals surface area contributed by atoms with Gasteiger partial charge in [0, 0.05) is 34.0 Å². The molecule has 29 heavy (non-hydrogen) atoms. The maximum absolute atomic E-state index is 12.7. The summed E-state index contributed by atoms with van der Waals surface area (Å²) >= 11 is 3.22. The summed E-state index contributed by atoms with van der Waals surface area (Å²) in [5, 5.41) is 9.87. The van der Waals surface area contributed by atoms with Gasteiger partial charge in [0.1, 0.15) is 0 Å². The van der Waals surface area contributed by atoms with Crippen molar-refractivity contribution in [2.75, 3.05) is 0 Å². The van der Waals surface area contributed by atoms with Gasteiger partial charge in [-0.3, -0.25) is 9.78 Å². The van der Waals surface area contributed by atoms with Crippen LogP contribution in [0.15, 0.2) is 63.6 Å². The molecule has 3 heterocycles. The monoisotopic (exact) mass is 423 g/mol. The SMILES string of the molecule is Cc1nc(CSc2ccccc2C(=O)NCc2nc(-c3ccncc3)no2)cs1. The Kier molecular flexibility index (Phi) is 5.97. The van der Waals surface area contributed by atoms with E-state index in [0.29, 0.717) is 23.0 Å². The number of hydrogen-bond acceptors (Lipinski definition) is 8. The number of carbonyl (C=O) groups is 1. The number of rotatable bonds is 7. The predicted octanol–water partition coefficient (Wildman–Crippen LogP) is 4.12. The maximum Gasteiger partial charge on any atom is 0.252 e. The van der Waals surface area contributed by atoms with E-state index in [1.807, 2.05) is 30.5 Å². The van der Waals surface area contributed by atoms with Gasteiger partial charge in [0.2, 0.25) is 11.7 Å². The number of nitrogens with zero attached hydrogens (tertiary/aromatic N) is 4. The Morgan fingerprint density at radius 1 is 1.17 bits per heavy atom. The van der Waals surface area contributed by atoms with Crippen LogP contribution >= 0.6 is 23.1 Å². The van der Waals surface area contributed by atoms with Crippen molar-refractivity contribution in [2.45, 2.75) is 24.1 Å². The lowest BCUT2D eigenvalue weighted by molar-refractivity contribution is 0.0943. The highest BCUT2D eigenvalue weighted by atomic mass is 32.2. The molecule has 4 aromatic rings. The van der Waals surface area contributed by atoms with Crippen molar-refractivity contribution in [3.8, 4) is 11.4 Å². The second-order valence-electron chi connectivity index (χ2n) is 6.07. The van der Waals surface area contributed by atoms with Crippen molar-refractivity contribution in [1.29, 1.82) is 0 Å². The van der Waals surface area contributed by atoms with Crippen LogP contribution in [-0.4, -0.2) is 26.0 Å². The van der Waals surface area contributed by atoms with Gasteiger partial charge in [0.15, 0.2) is 0 Å². The zero-order valence-electron chi connectivity index (χ0n) is 15.5. The Morgan fingerprint density at radius 3 is 2.79 bits per heavy atom. The highest BCUT2D eigenvalue weighted by Crippen LogP contribution is 2.27. The molecule has 0 aliphatic carbocycles. The first-order valence-corrected chi connectivity index (χ1v) is 10.7. The van der Waals surface area contributed by atoms with Gasteiger partial charge >= 0.3 is 0 Å². The molecule has 0 radical (unpaired) electrons. The number of aryl methyl sites for hydroxylation is 1. The van der Waals surface area contributed by atoms with Gasteiger partial charge in [-0.05, 0) is 31.2 Å². The lowest BCUT2D eigenvalue weighted by Crippen LogP contribution is -2.23. The van der Waals surface area contributed by atoms with Gasteiger partial charge in [-0.2, -0.15) is 4.98 Å². The molecule has 0 aliphatic heterocycles. The van der Waals surface area contributed by atoms with Gasteiger partial charge in [-0.15, -0.1) is 23.1 Å². The smallest absolute Gasteiger partial charge is 0.252 e. The van der Waals surface area contributed by atoms with Gasteiger partial charge in [0.05, 0.1) is 22.8 Å². The van der Waals surface area contributed by atoms with Crippen LogP contribution in [-0.2, 0) is 12.3 Å². The normalized spacial score (nSPS) is 10.8. The minimum Gasteiger partial charge on any atom is -0.343 e. The van der Waals surface area contributed by atoms with E-state index in [4.69, 9.17) is 4.52 Å². The topological polar surface area (TPSA) is 93.8 Å². The number of carbonyl (C=O) groups excluding carboxylic acids is 1. The Bertz CT molecular complexity index is 1110. The molecule has 0 bridgehead atoms. The molecule has 0 spiro atoms. The molecule has 0 atom stereocenters. The third-order valence-electron chi connectivity index (χ3n) is 3.98. The van der Waals surface area contributed by atoms with E-state index in [0.717, 1.165) is 21.2 Å². The molecule has 0 saturated heterocycles. The second kappa shape index (κ2) is 8.97. The molecule has 4 rings (SSSR count). The van der Waals surface area contributed by atoms with Crippen LogP contribution in [0.25, 0.3) is 11.4 Å². The molecule has 0 unspecified atom stereocenters. The fourth-order valence-electron chi connectivity index (χ4n) is 2.60. The standard InChI is InChI=1S/C20H17N5O2S2/c1-13-23-15(11-28-13)12-29-17-5-3-2-4-16(17)20(26)22-10-18-24-19(25-27-18)14-6-8-21-9-7-14/h2-9,11H,10,12H2,1H3,(H,22,26). The summed E-state index contributed by atoms with van der Waals surface area (Å²) in [6.07, 6.45) is 3.32. The Morgan fingerprint density at radius 2 is 2.00 bits per heavy atom. The van der Waals surface area contributed by atoms with E-state index in [9.17, 15) is 4.79 Å². The summed E-state index contributed by atoms with van der Waals surface area (Å²) in [6.45, 7) is 2.14. The molecule has 1 amide bonds. The molecule has 9 heteroatoms. The quantitative estimate of drug-likeness (QED) is 0.447. The third kappa shape index (κ3) is 4.87. The first kappa shape index (κ1) is 19.3. The third-order valence-corrected chi connectivity index (χ3v) is 5.91. The van der Waals surface area contributed by atoms with Crippen molar-refractivity contribution in [3.63, 3.8) is 0 Å². The fourth-order valence-corrected chi connectivity index (χ4v) is 4.26. The molecule has 7 nitrogen and oxygen atoms in total. The molecule has 1 N–H and O–H groups in total. The second-order valence-corrected chi connectivity index (χ2v) is 8.15. The van der Waals surface area contributed by atoms with Crippen molar-refractivity contribution in [3.05, 3.63) is 76.3 Å². The molecule has 0 saturated carbocycles. The van der Waals surface area contributed by atoms with E-state index in [1.54, 1.807) is 53.7 Å². The van der Waals surface area contributed by atoms with Gasteiger partial charge in [-0.25, -0.2) is 4.98 Å². The van der Waals surface area contributed by atoms with Crippen LogP contribution < -0.4 is 5.32 Å². The van der Waals surface area contributed by atoms with Crippen LogP contribution in [0.3, 0.4) is 0 Å². The molecular weight excluding hydrogens is 406 g/mol. The molecule has 146 valence electrons. The largest absolute Gasteiger partial charge is 0.343 e. The number of amides is 1. The van der Waals surface area contributed by atoms with Gasteiger partial charge in [-0.1, -0.05) is 17.3 Å². The molecule has 3 aromatic heterocycles. The predicted molar refractivity (Wildman–Crippen MR) is 112 cm³/mol. The van der Waals surface area contributed by atoms with E-state index in [-0.39, 0.29) is 12.5 Å². The summed E-state index contributed by atoms with van der Waals surface area (Å²) in [6, 6.07) is 11.1. The summed E-state index contributed by atoms with van der Waals surface area (Å²) in [4.78, 5) is 26.3. The average Bonchev–Trinajstić information content (AvgIpc) is 3.40. The van der Waals surface area contributed by atoms with E-state index < -0.39 is 0 Å².